The number of aromatic nitrogens is 2. The number of halogens is 1. The van der Waals surface area contributed by atoms with Crippen LogP contribution in [0.3, 0.4) is 0 Å². The van der Waals surface area contributed by atoms with Crippen LogP contribution in [0.15, 0.2) is 36.7 Å². The van der Waals surface area contributed by atoms with Gasteiger partial charge in [0, 0.05) is 56.6 Å². The van der Waals surface area contributed by atoms with Crippen molar-refractivity contribution < 1.29 is 9.18 Å². The Bertz CT molecular complexity index is 759. The second-order valence-electron chi connectivity index (χ2n) is 6.93. The van der Waals surface area contributed by atoms with E-state index in [2.05, 4.69) is 10.00 Å². The normalized spacial score (nSPS) is 23.7. The average Bonchev–Trinajstić information content (AvgIpc) is 3.09. The second-order valence-corrected chi connectivity index (χ2v) is 6.93. The van der Waals surface area contributed by atoms with Crippen LogP contribution in [0.4, 0.5) is 4.39 Å². The van der Waals surface area contributed by atoms with E-state index in [1.54, 1.807) is 12.1 Å². The summed E-state index contributed by atoms with van der Waals surface area (Å²) in [5.41, 5.74) is 1.64. The Labute approximate surface area is 140 Å². The molecule has 0 spiro atoms. The molecule has 24 heavy (non-hydrogen) atoms. The predicted molar refractivity (Wildman–Crippen MR) is 87.8 cm³/mol. The molecule has 0 aliphatic carbocycles. The predicted octanol–water partition coefficient (Wildman–Crippen LogP) is 1.91. The molecular weight excluding hydrogens is 307 g/mol. The van der Waals surface area contributed by atoms with E-state index in [0.717, 1.165) is 26.1 Å². The molecule has 2 aliphatic heterocycles. The van der Waals surface area contributed by atoms with Crippen molar-refractivity contribution in [3.8, 4) is 0 Å². The minimum Gasteiger partial charge on any atom is -0.337 e. The number of carbonyl (C=O) groups is 1. The molecule has 0 unspecified atom stereocenters. The lowest BCUT2D eigenvalue weighted by Crippen LogP contribution is -2.45. The lowest BCUT2D eigenvalue weighted by Gasteiger charge is -2.33. The van der Waals surface area contributed by atoms with Crippen molar-refractivity contribution in [1.82, 2.24) is 19.6 Å². The smallest absolute Gasteiger partial charge is 0.254 e. The first kappa shape index (κ1) is 15.3. The number of rotatable bonds is 3. The van der Waals surface area contributed by atoms with Crippen molar-refractivity contribution >= 4 is 5.91 Å². The van der Waals surface area contributed by atoms with Crippen LogP contribution in [0.25, 0.3) is 0 Å². The van der Waals surface area contributed by atoms with Crippen LogP contribution in [0.1, 0.15) is 22.3 Å². The summed E-state index contributed by atoms with van der Waals surface area (Å²) in [6, 6.07) is 6.35. The monoisotopic (exact) mass is 328 g/mol. The third kappa shape index (κ3) is 2.94. The van der Waals surface area contributed by atoms with Gasteiger partial charge >= 0.3 is 0 Å². The van der Waals surface area contributed by atoms with Gasteiger partial charge in [-0.15, -0.1) is 0 Å². The summed E-state index contributed by atoms with van der Waals surface area (Å²) in [7, 11) is 1.92. The average molecular weight is 328 g/mol. The first-order valence-corrected chi connectivity index (χ1v) is 8.35. The number of amides is 1. The zero-order valence-corrected chi connectivity index (χ0v) is 13.7. The largest absolute Gasteiger partial charge is 0.337 e. The highest BCUT2D eigenvalue weighted by molar-refractivity contribution is 5.94. The van der Waals surface area contributed by atoms with Crippen molar-refractivity contribution in [2.24, 2.45) is 13.0 Å². The van der Waals surface area contributed by atoms with E-state index in [-0.39, 0.29) is 11.7 Å². The summed E-state index contributed by atoms with van der Waals surface area (Å²) in [6.07, 6.45) is 5.07. The SMILES string of the molecule is Cn1cc(CN2C[C@H]3C[C@H]2CN(C(=O)c2cccc(F)c2)C3)cn1. The topological polar surface area (TPSA) is 41.4 Å². The van der Waals surface area contributed by atoms with Gasteiger partial charge in [-0.25, -0.2) is 4.39 Å². The highest BCUT2D eigenvalue weighted by atomic mass is 19.1. The van der Waals surface area contributed by atoms with Crippen molar-refractivity contribution in [3.05, 3.63) is 53.6 Å². The molecule has 2 fully saturated rings. The van der Waals surface area contributed by atoms with E-state index < -0.39 is 0 Å². The number of piperidine rings is 1. The summed E-state index contributed by atoms with van der Waals surface area (Å²) in [5, 5.41) is 4.23. The highest BCUT2D eigenvalue weighted by Crippen LogP contribution is 2.31. The van der Waals surface area contributed by atoms with E-state index in [0.29, 0.717) is 24.1 Å². The van der Waals surface area contributed by atoms with Gasteiger partial charge in [-0.3, -0.25) is 14.4 Å². The van der Waals surface area contributed by atoms with Gasteiger partial charge in [0.15, 0.2) is 0 Å². The van der Waals surface area contributed by atoms with Gasteiger partial charge in [0.2, 0.25) is 0 Å². The molecule has 5 nitrogen and oxygen atoms in total. The number of carbonyl (C=O) groups excluding carboxylic acids is 1. The summed E-state index contributed by atoms with van der Waals surface area (Å²) < 4.78 is 15.2. The van der Waals surface area contributed by atoms with Gasteiger partial charge in [0.25, 0.3) is 5.91 Å². The molecule has 6 heteroatoms. The number of fused-ring (bicyclic) bond motifs is 2. The van der Waals surface area contributed by atoms with Crippen LogP contribution in [0.5, 0.6) is 0 Å². The standard InChI is InChI=1S/C18H21FN4O/c1-21-8-14(7-20-21)11-22-9-13-5-17(22)12-23(10-13)18(24)15-3-2-4-16(19)6-15/h2-4,6-8,13,17H,5,9-12H2,1H3/t13-,17+/m1/s1. The van der Waals surface area contributed by atoms with Crippen LogP contribution < -0.4 is 0 Å². The highest BCUT2D eigenvalue weighted by Gasteiger charge is 2.40. The Hall–Kier alpha value is -2.21. The molecule has 3 heterocycles. The molecule has 2 atom stereocenters. The molecule has 2 saturated heterocycles. The lowest BCUT2D eigenvalue weighted by atomic mass is 9.99. The zero-order valence-electron chi connectivity index (χ0n) is 13.7. The third-order valence-corrected chi connectivity index (χ3v) is 5.03. The van der Waals surface area contributed by atoms with Gasteiger partial charge < -0.3 is 4.90 Å². The maximum absolute atomic E-state index is 13.4. The number of hydrogen-bond donors (Lipinski definition) is 0. The molecule has 126 valence electrons. The molecule has 0 saturated carbocycles. The molecule has 0 N–H and O–H groups in total. The molecule has 2 aromatic rings. The van der Waals surface area contributed by atoms with Crippen molar-refractivity contribution in [2.75, 3.05) is 19.6 Å². The molecule has 1 aromatic heterocycles. The molecule has 0 radical (unpaired) electrons. The summed E-state index contributed by atoms with van der Waals surface area (Å²) >= 11 is 0. The minimum absolute atomic E-state index is 0.0626. The molecule has 2 bridgehead atoms. The minimum atomic E-state index is -0.362. The first-order chi connectivity index (χ1) is 11.6. The number of aryl methyl sites for hydroxylation is 1. The molecule has 2 aliphatic rings. The van der Waals surface area contributed by atoms with Gasteiger partial charge in [-0.2, -0.15) is 5.10 Å². The Kier molecular flexibility index (Phi) is 3.84. The Morgan fingerprint density at radius 1 is 1.33 bits per heavy atom. The van der Waals surface area contributed by atoms with Crippen LogP contribution in [0, 0.1) is 11.7 Å². The second kappa shape index (κ2) is 6.02. The number of nitrogens with zero attached hydrogens (tertiary/aromatic N) is 4. The van der Waals surface area contributed by atoms with Crippen molar-refractivity contribution in [2.45, 2.75) is 19.0 Å². The fourth-order valence-electron chi connectivity index (χ4n) is 4.00. The molecular formula is C18H21FN4O. The maximum Gasteiger partial charge on any atom is 0.254 e. The van der Waals surface area contributed by atoms with Crippen molar-refractivity contribution in [3.63, 3.8) is 0 Å². The summed E-state index contributed by atoms with van der Waals surface area (Å²) in [6.45, 7) is 3.35. The fourth-order valence-corrected chi connectivity index (χ4v) is 4.00. The lowest BCUT2D eigenvalue weighted by molar-refractivity contribution is 0.0667. The van der Waals surface area contributed by atoms with E-state index in [9.17, 15) is 9.18 Å². The quantitative estimate of drug-likeness (QED) is 0.864. The number of hydrogen-bond acceptors (Lipinski definition) is 3. The summed E-state index contributed by atoms with van der Waals surface area (Å²) in [5.74, 6) is 0.0735. The van der Waals surface area contributed by atoms with E-state index in [1.165, 1.54) is 17.7 Å². The van der Waals surface area contributed by atoms with Gasteiger partial charge in [-0.05, 0) is 30.5 Å². The van der Waals surface area contributed by atoms with Crippen LogP contribution in [0.2, 0.25) is 0 Å². The van der Waals surface area contributed by atoms with E-state index in [4.69, 9.17) is 0 Å². The van der Waals surface area contributed by atoms with E-state index in [1.807, 2.05) is 29.0 Å². The van der Waals surface area contributed by atoms with Crippen LogP contribution in [-0.2, 0) is 13.6 Å². The fraction of sp³-hybridized carbons (Fsp3) is 0.444. The zero-order chi connectivity index (χ0) is 16.7. The van der Waals surface area contributed by atoms with Gasteiger partial charge in [0.1, 0.15) is 5.82 Å². The van der Waals surface area contributed by atoms with Gasteiger partial charge in [-0.1, -0.05) is 6.07 Å². The maximum atomic E-state index is 13.4. The number of likely N-dealkylation sites (tertiary alicyclic amines) is 2. The van der Waals surface area contributed by atoms with Gasteiger partial charge in [0.05, 0.1) is 6.20 Å². The third-order valence-electron chi connectivity index (χ3n) is 5.03. The summed E-state index contributed by atoms with van der Waals surface area (Å²) in [4.78, 5) is 17.0. The Morgan fingerprint density at radius 2 is 2.21 bits per heavy atom. The van der Waals surface area contributed by atoms with Crippen molar-refractivity contribution in [1.29, 1.82) is 0 Å². The Balaban J connectivity index is 1.45. The Morgan fingerprint density at radius 3 is 2.96 bits per heavy atom. The first-order valence-electron chi connectivity index (χ1n) is 8.35. The molecule has 1 aromatic carbocycles. The molecule has 1 amide bonds. The van der Waals surface area contributed by atoms with Crippen LogP contribution in [-0.4, -0.2) is 51.2 Å². The number of benzene rings is 1. The van der Waals surface area contributed by atoms with E-state index >= 15 is 0 Å². The van der Waals surface area contributed by atoms with Crippen LogP contribution >= 0.6 is 0 Å². The molecule has 4 rings (SSSR count).